The minimum Gasteiger partial charge on any atom is -0.339 e. The maximum Gasteiger partial charge on any atom is 0.227 e. The highest BCUT2D eigenvalue weighted by atomic mass is 79.9. The molecule has 1 aromatic rings. The molecule has 0 unspecified atom stereocenters. The number of carbonyl (C=O) groups excluding carboxylic acids is 1. The number of nitrogens with zero attached hydrogens (tertiary/aromatic N) is 1. The average Bonchev–Trinajstić information content (AvgIpc) is 2.48. The van der Waals surface area contributed by atoms with E-state index < -0.39 is 0 Å². The summed E-state index contributed by atoms with van der Waals surface area (Å²) in [7, 11) is 0. The first-order valence-corrected chi connectivity index (χ1v) is 8.69. The fourth-order valence-electron chi connectivity index (χ4n) is 3.04. The Hall–Kier alpha value is -0.870. The number of nitrogens with two attached hydrogens (primary N) is 1. The van der Waals surface area contributed by atoms with Gasteiger partial charge in [-0.15, -0.1) is 0 Å². The van der Waals surface area contributed by atoms with Crippen molar-refractivity contribution in [2.24, 2.45) is 5.73 Å². The minimum absolute atomic E-state index is 0.250. The van der Waals surface area contributed by atoms with Crippen LogP contribution in [-0.2, 0) is 11.2 Å². The van der Waals surface area contributed by atoms with E-state index in [-0.39, 0.29) is 5.91 Å². The number of hydrogen-bond donors (Lipinski definition) is 1. The molecule has 2 N–H and O–H groups in total. The fourth-order valence-corrected chi connectivity index (χ4v) is 3.31. The van der Waals surface area contributed by atoms with Gasteiger partial charge >= 0.3 is 0 Å². The Labute approximate surface area is 136 Å². The molecule has 1 aromatic carbocycles. The smallest absolute Gasteiger partial charge is 0.227 e. The highest BCUT2D eigenvalue weighted by Gasteiger charge is 2.27. The predicted octanol–water partition coefficient (Wildman–Crippen LogP) is 3.50. The van der Waals surface area contributed by atoms with Crippen molar-refractivity contribution in [2.75, 3.05) is 6.54 Å². The van der Waals surface area contributed by atoms with E-state index >= 15 is 0 Å². The third-order valence-electron chi connectivity index (χ3n) is 4.24. The molecule has 1 saturated carbocycles. The van der Waals surface area contributed by atoms with E-state index in [4.69, 9.17) is 5.73 Å². The van der Waals surface area contributed by atoms with Gasteiger partial charge in [0.05, 0.1) is 6.42 Å². The lowest BCUT2D eigenvalue weighted by molar-refractivity contribution is -0.133. The van der Waals surface area contributed by atoms with Crippen LogP contribution < -0.4 is 5.73 Å². The van der Waals surface area contributed by atoms with Gasteiger partial charge in [-0.05, 0) is 49.8 Å². The molecule has 21 heavy (non-hydrogen) atoms. The molecule has 0 radical (unpaired) electrons. The summed E-state index contributed by atoms with van der Waals surface area (Å²) in [6.07, 6.45) is 5.68. The van der Waals surface area contributed by atoms with Crippen LogP contribution in [0.3, 0.4) is 0 Å². The molecule has 1 fully saturated rings. The van der Waals surface area contributed by atoms with Gasteiger partial charge in [0, 0.05) is 23.1 Å². The zero-order chi connectivity index (χ0) is 15.2. The summed E-state index contributed by atoms with van der Waals surface area (Å²) in [4.78, 5) is 14.7. The topological polar surface area (TPSA) is 46.3 Å². The van der Waals surface area contributed by atoms with E-state index in [2.05, 4.69) is 27.8 Å². The Morgan fingerprint density at radius 1 is 1.24 bits per heavy atom. The fraction of sp³-hybridized carbons (Fsp3) is 0.588. The maximum absolute atomic E-state index is 12.7. The van der Waals surface area contributed by atoms with Gasteiger partial charge in [-0.3, -0.25) is 4.79 Å². The molecule has 1 aliphatic carbocycles. The Morgan fingerprint density at radius 3 is 2.43 bits per heavy atom. The van der Waals surface area contributed by atoms with Crippen LogP contribution in [0.4, 0.5) is 0 Å². The molecule has 0 aliphatic heterocycles. The SMILES string of the molecule is CCCN(C(=O)Cc1ccc(Br)cc1)C1CCC(N)CC1. The molecule has 0 heterocycles. The molecular formula is C17H25BrN2O. The third kappa shape index (κ3) is 4.82. The first-order chi connectivity index (χ1) is 10.1. The molecule has 0 spiro atoms. The van der Waals surface area contributed by atoms with Gasteiger partial charge in [0.25, 0.3) is 0 Å². The lowest BCUT2D eigenvalue weighted by Gasteiger charge is -2.36. The number of amides is 1. The van der Waals surface area contributed by atoms with Crippen molar-refractivity contribution in [3.63, 3.8) is 0 Å². The summed E-state index contributed by atoms with van der Waals surface area (Å²) in [5.74, 6) is 0.250. The van der Waals surface area contributed by atoms with Crippen molar-refractivity contribution in [3.05, 3.63) is 34.3 Å². The van der Waals surface area contributed by atoms with Gasteiger partial charge in [-0.2, -0.15) is 0 Å². The monoisotopic (exact) mass is 352 g/mol. The first-order valence-electron chi connectivity index (χ1n) is 7.89. The number of halogens is 1. The van der Waals surface area contributed by atoms with Gasteiger partial charge in [0.15, 0.2) is 0 Å². The molecule has 1 aliphatic rings. The molecule has 0 atom stereocenters. The second-order valence-corrected chi connectivity index (χ2v) is 6.87. The highest BCUT2D eigenvalue weighted by Crippen LogP contribution is 2.23. The Kier molecular flexibility index (Phi) is 6.24. The van der Waals surface area contributed by atoms with Crippen LogP contribution in [0.25, 0.3) is 0 Å². The quantitative estimate of drug-likeness (QED) is 0.881. The summed E-state index contributed by atoms with van der Waals surface area (Å²) in [5, 5.41) is 0. The maximum atomic E-state index is 12.7. The summed E-state index contributed by atoms with van der Waals surface area (Å²) >= 11 is 3.43. The summed E-state index contributed by atoms with van der Waals surface area (Å²) in [5.41, 5.74) is 7.06. The average molecular weight is 353 g/mol. The van der Waals surface area contributed by atoms with E-state index in [0.717, 1.165) is 48.7 Å². The molecular weight excluding hydrogens is 328 g/mol. The van der Waals surface area contributed by atoms with Crippen molar-refractivity contribution in [1.29, 1.82) is 0 Å². The van der Waals surface area contributed by atoms with Crippen LogP contribution in [0.2, 0.25) is 0 Å². The van der Waals surface area contributed by atoms with Crippen LogP contribution >= 0.6 is 15.9 Å². The standard InChI is InChI=1S/C17H25BrN2O/c1-2-11-20(16-9-7-15(19)8-10-16)17(21)12-13-3-5-14(18)6-4-13/h3-6,15-16H,2,7-12,19H2,1H3. The number of benzene rings is 1. The third-order valence-corrected chi connectivity index (χ3v) is 4.76. The Bertz CT molecular complexity index is 452. The number of rotatable bonds is 5. The molecule has 0 bridgehead atoms. The van der Waals surface area contributed by atoms with Crippen LogP contribution in [0, 0.1) is 0 Å². The molecule has 2 rings (SSSR count). The van der Waals surface area contributed by atoms with Crippen molar-refractivity contribution >= 4 is 21.8 Å². The van der Waals surface area contributed by atoms with Crippen molar-refractivity contribution in [2.45, 2.75) is 57.5 Å². The molecule has 4 heteroatoms. The lowest BCUT2D eigenvalue weighted by atomic mass is 9.90. The van der Waals surface area contributed by atoms with E-state index in [9.17, 15) is 4.79 Å². The van der Waals surface area contributed by atoms with E-state index in [0.29, 0.717) is 18.5 Å². The van der Waals surface area contributed by atoms with E-state index in [1.54, 1.807) is 0 Å². The summed E-state index contributed by atoms with van der Waals surface area (Å²) < 4.78 is 1.05. The zero-order valence-electron chi connectivity index (χ0n) is 12.7. The van der Waals surface area contributed by atoms with Crippen LogP contribution in [0.15, 0.2) is 28.7 Å². The minimum atomic E-state index is 0.250. The largest absolute Gasteiger partial charge is 0.339 e. The second-order valence-electron chi connectivity index (χ2n) is 5.96. The number of carbonyl (C=O) groups is 1. The molecule has 3 nitrogen and oxygen atoms in total. The lowest BCUT2D eigenvalue weighted by Crippen LogP contribution is -2.45. The van der Waals surface area contributed by atoms with Gasteiger partial charge in [0.2, 0.25) is 5.91 Å². The van der Waals surface area contributed by atoms with Crippen LogP contribution in [0.1, 0.15) is 44.6 Å². The Morgan fingerprint density at radius 2 is 1.86 bits per heavy atom. The van der Waals surface area contributed by atoms with Crippen molar-refractivity contribution in [3.8, 4) is 0 Å². The van der Waals surface area contributed by atoms with Crippen LogP contribution in [-0.4, -0.2) is 29.4 Å². The van der Waals surface area contributed by atoms with E-state index in [1.165, 1.54) is 0 Å². The van der Waals surface area contributed by atoms with Gasteiger partial charge in [0.1, 0.15) is 0 Å². The van der Waals surface area contributed by atoms with Gasteiger partial charge in [-0.1, -0.05) is 35.0 Å². The van der Waals surface area contributed by atoms with Crippen molar-refractivity contribution in [1.82, 2.24) is 4.90 Å². The molecule has 0 aromatic heterocycles. The summed E-state index contributed by atoms with van der Waals surface area (Å²) in [6, 6.07) is 8.73. The predicted molar refractivity (Wildman–Crippen MR) is 90.1 cm³/mol. The highest BCUT2D eigenvalue weighted by molar-refractivity contribution is 9.10. The second kappa shape index (κ2) is 7.95. The van der Waals surface area contributed by atoms with Crippen LogP contribution in [0.5, 0.6) is 0 Å². The van der Waals surface area contributed by atoms with Gasteiger partial charge < -0.3 is 10.6 Å². The van der Waals surface area contributed by atoms with E-state index in [1.807, 2.05) is 24.3 Å². The molecule has 0 saturated heterocycles. The summed E-state index contributed by atoms with van der Waals surface area (Å²) in [6.45, 7) is 2.99. The van der Waals surface area contributed by atoms with Crippen molar-refractivity contribution < 1.29 is 4.79 Å². The Balaban J connectivity index is 1.99. The van der Waals surface area contributed by atoms with Gasteiger partial charge in [-0.25, -0.2) is 0 Å². The normalized spacial score (nSPS) is 22.0. The zero-order valence-corrected chi connectivity index (χ0v) is 14.3. The first kappa shape index (κ1) is 16.5. The molecule has 116 valence electrons. The number of hydrogen-bond acceptors (Lipinski definition) is 2. The molecule has 1 amide bonds.